The summed E-state index contributed by atoms with van der Waals surface area (Å²) in [5, 5.41) is 13.4. The van der Waals surface area contributed by atoms with Gasteiger partial charge in [-0.15, -0.1) is 0 Å². The Hall–Kier alpha value is -2.54. The van der Waals surface area contributed by atoms with Gasteiger partial charge >= 0.3 is 0 Å². The summed E-state index contributed by atoms with van der Waals surface area (Å²) in [5.41, 5.74) is 4.96. The first-order valence-corrected chi connectivity index (χ1v) is 8.28. The van der Waals surface area contributed by atoms with Gasteiger partial charge in [0, 0.05) is 4.47 Å². The molecule has 7 heteroatoms. The maximum Gasteiger partial charge on any atom is 0.277 e. The second-order valence-corrected chi connectivity index (χ2v) is 6.30. The minimum Gasteiger partial charge on any atom is -0.504 e. The van der Waals surface area contributed by atoms with Crippen molar-refractivity contribution in [3.05, 3.63) is 51.5 Å². The first-order chi connectivity index (χ1) is 11.9. The van der Waals surface area contributed by atoms with E-state index in [4.69, 9.17) is 9.47 Å². The van der Waals surface area contributed by atoms with E-state index in [1.54, 1.807) is 12.1 Å². The number of rotatable bonds is 6. The number of hydrogen-bond acceptors (Lipinski definition) is 5. The molecule has 132 valence electrons. The second-order valence-electron chi connectivity index (χ2n) is 5.38. The number of carbonyl (C=O) groups is 1. The molecular formula is C18H19BrN2O4. The van der Waals surface area contributed by atoms with Crippen molar-refractivity contribution < 1.29 is 19.4 Å². The summed E-state index contributed by atoms with van der Waals surface area (Å²) in [4.78, 5) is 11.8. The van der Waals surface area contributed by atoms with E-state index in [9.17, 15) is 9.90 Å². The molecule has 0 saturated carbocycles. The molecule has 0 atom stereocenters. The minimum atomic E-state index is -0.372. The largest absolute Gasteiger partial charge is 0.504 e. The Morgan fingerprint density at radius 1 is 1.28 bits per heavy atom. The SMILES string of the molecule is COc1cc(/C=N/NC(=O)COc2c(C)cc(Br)cc2C)ccc1O. The van der Waals surface area contributed by atoms with E-state index >= 15 is 0 Å². The third kappa shape index (κ3) is 5.22. The Morgan fingerprint density at radius 2 is 1.96 bits per heavy atom. The van der Waals surface area contributed by atoms with Gasteiger partial charge in [-0.25, -0.2) is 5.43 Å². The van der Waals surface area contributed by atoms with Gasteiger partial charge in [0.2, 0.25) is 0 Å². The predicted molar refractivity (Wildman–Crippen MR) is 99.5 cm³/mol. The average molecular weight is 407 g/mol. The molecule has 2 aromatic rings. The van der Waals surface area contributed by atoms with E-state index in [-0.39, 0.29) is 18.3 Å². The standard InChI is InChI=1S/C18H19BrN2O4/c1-11-6-14(19)7-12(2)18(11)25-10-17(23)21-20-9-13-4-5-15(22)16(8-13)24-3/h4-9,22H,10H2,1-3H3,(H,21,23)/b20-9+. The first-order valence-electron chi connectivity index (χ1n) is 7.49. The lowest BCUT2D eigenvalue weighted by molar-refractivity contribution is -0.123. The van der Waals surface area contributed by atoms with Gasteiger partial charge < -0.3 is 14.6 Å². The summed E-state index contributed by atoms with van der Waals surface area (Å²) in [6.07, 6.45) is 1.45. The number of amides is 1. The summed E-state index contributed by atoms with van der Waals surface area (Å²) in [6, 6.07) is 8.60. The highest BCUT2D eigenvalue weighted by molar-refractivity contribution is 9.10. The van der Waals surface area contributed by atoms with Crippen molar-refractivity contribution >= 4 is 28.1 Å². The summed E-state index contributed by atoms with van der Waals surface area (Å²) < 4.78 is 11.6. The van der Waals surface area contributed by atoms with Gasteiger partial charge in [-0.05, 0) is 60.9 Å². The fourth-order valence-corrected chi connectivity index (χ4v) is 2.94. The normalized spacial score (nSPS) is 10.7. The monoisotopic (exact) mass is 406 g/mol. The zero-order valence-corrected chi connectivity index (χ0v) is 15.8. The predicted octanol–water partition coefficient (Wildman–Crippen LogP) is 3.31. The average Bonchev–Trinajstić information content (AvgIpc) is 2.55. The molecule has 6 nitrogen and oxygen atoms in total. The topological polar surface area (TPSA) is 80.2 Å². The van der Waals surface area contributed by atoms with Gasteiger partial charge in [0.25, 0.3) is 5.91 Å². The van der Waals surface area contributed by atoms with Crippen molar-refractivity contribution in [1.82, 2.24) is 5.43 Å². The van der Waals surface area contributed by atoms with Gasteiger partial charge in [-0.1, -0.05) is 15.9 Å². The van der Waals surface area contributed by atoms with Crippen molar-refractivity contribution in [1.29, 1.82) is 0 Å². The van der Waals surface area contributed by atoms with E-state index in [0.717, 1.165) is 15.6 Å². The quantitative estimate of drug-likeness (QED) is 0.569. The molecule has 0 saturated heterocycles. The van der Waals surface area contributed by atoms with E-state index in [0.29, 0.717) is 17.1 Å². The van der Waals surface area contributed by atoms with Crippen LogP contribution in [-0.4, -0.2) is 30.9 Å². The first kappa shape index (κ1) is 18.8. The van der Waals surface area contributed by atoms with Crippen LogP contribution in [0.25, 0.3) is 0 Å². The van der Waals surface area contributed by atoms with E-state index in [1.165, 1.54) is 19.4 Å². The lowest BCUT2D eigenvalue weighted by Crippen LogP contribution is -2.25. The number of halogens is 1. The third-order valence-electron chi connectivity index (χ3n) is 3.38. The van der Waals surface area contributed by atoms with Crippen molar-refractivity contribution in [2.45, 2.75) is 13.8 Å². The van der Waals surface area contributed by atoms with Crippen LogP contribution in [0.5, 0.6) is 17.2 Å². The number of nitrogens with zero attached hydrogens (tertiary/aromatic N) is 1. The maximum atomic E-state index is 11.8. The lowest BCUT2D eigenvalue weighted by Gasteiger charge is -2.11. The molecule has 0 spiro atoms. The summed E-state index contributed by atoms with van der Waals surface area (Å²) in [6.45, 7) is 3.70. The van der Waals surface area contributed by atoms with Crippen molar-refractivity contribution in [2.75, 3.05) is 13.7 Å². The van der Waals surface area contributed by atoms with Crippen LogP contribution in [0, 0.1) is 13.8 Å². The number of phenolic OH excluding ortho intramolecular Hbond substituents is 1. The molecule has 0 aliphatic carbocycles. The van der Waals surface area contributed by atoms with Gasteiger partial charge in [0.1, 0.15) is 5.75 Å². The number of aryl methyl sites for hydroxylation is 2. The molecule has 0 bridgehead atoms. The van der Waals surface area contributed by atoms with E-state index in [2.05, 4.69) is 26.5 Å². The number of methoxy groups -OCH3 is 1. The Labute approximate surface area is 154 Å². The number of carbonyl (C=O) groups excluding carboxylic acids is 1. The Balaban J connectivity index is 1.91. The summed E-state index contributed by atoms with van der Waals surface area (Å²) >= 11 is 3.42. The highest BCUT2D eigenvalue weighted by Crippen LogP contribution is 2.27. The molecule has 25 heavy (non-hydrogen) atoms. The van der Waals surface area contributed by atoms with Crippen LogP contribution in [0.4, 0.5) is 0 Å². The minimum absolute atomic E-state index is 0.0392. The number of hydrogen-bond donors (Lipinski definition) is 2. The van der Waals surface area contributed by atoms with Crippen LogP contribution < -0.4 is 14.9 Å². The molecule has 2 rings (SSSR count). The molecule has 2 N–H and O–H groups in total. The third-order valence-corrected chi connectivity index (χ3v) is 3.84. The molecule has 1 amide bonds. The van der Waals surface area contributed by atoms with E-state index in [1.807, 2.05) is 26.0 Å². The zero-order valence-electron chi connectivity index (χ0n) is 14.2. The van der Waals surface area contributed by atoms with Crippen LogP contribution >= 0.6 is 15.9 Å². The summed E-state index contributed by atoms with van der Waals surface area (Å²) in [5.74, 6) is 0.687. The molecule has 0 heterocycles. The molecule has 2 aromatic carbocycles. The van der Waals surface area contributed by atoms with E-state index < -0.39 is 0 Å². The lowest BCUT2D eigenvalue weighted by atomic mass is 10.1. The fraction of sp³-hybridized carbons (Fsp3) is 0.222. The van der Waals surface area contributed by atoms with Crippen LogP contribution in [-0.2, 0) is 4.79 Å². The molecule has 0 unspecified atom stereocenters. The van der Waals surface area contributed by atoms with Crippen molar-refractivity contribution in [3.8, 4) is 17.2 Å². The molecule has 0 fully saturated rings. The number of hydrazone groups is 1. The maximum absolute atomic E-state index is 11.8. The Kier molecular flexibility index (Phi) is 6.41. The van der Waals surface area contributed by atoms with Gasteiger partial charge in [0.05, 0.1) is 13.3 Å². The van der Waals surface area contributed by atoms with Crippen LogP contribution in [0.2, 0.25) is 0 Å². The van der Waals surface area contributed by atoms with Crippen molar-refractivity contribution in [3.63, 3.8) is 0 Å². The van der Waals surface area contributed by atoms with Crippen LogP contribution in [0.1, 0.15) is 16.7 Å². The number of aromatic hydroxyl groups is 1. The highest BCUT2D eigenvalue weighted by Gasteiger charge is 2.08. The molecule has 0 aliphatic heterocycles. The van der Waals surface area contributed by atoms with Crippen molar-refractivity contribution in [2.24, 2.45) is 5.10 Å². The Morgan fingerprint density at radius 3 is 2.60 bits per heavy atom. The zero-order chi connectivity index (χ0) is 18.4. The number of benzene rings is 2. The van der Waals surface area contributed by atoms with Gasteiger partial charge in [-0.3, -0.25) is 4.79 Å². The number of phenols is 1. The summed E-state index contributed by atoms with van der Waals surface area (Å²) in [7, 11) is 1.46. The highest BCUT2D eigenvalue weighted by atomic mass is 79.9. The Bertz CT molecular complexity index is 783. The van der Waals surface area contributed by atoms with Crippen LogP contribution in [0.15, 0.2) is 39.9 Å². The van der Waals surface area contributed by atoms with Gasteiger partial charge in [-0.2, -0.15) is 5.10 Å². The fourth-order valence-electron chi connectivity index (χ4n) is 2.25. The smallest absolute Gasteiger partial charge is 0.277 e. The number of ether oxygens (including phenoxy) is 2. The molecule has 0 aromatic heterocycles. The molecule has 0 radical (unpaired) electrons. The molecular weight excluding hydrogens is 388 g/mol. The molecule has 0 aliphatic rings. The van der Waals surface area contributed by atoms with Gasteiger partial charge in [0.15, 0.2) is 18.1 Å². The number of nitrogens with one attached hydrogen (secondary N) is 1. The second kappa shape index (κ2) is 8.53. The van der Waals surface area contributed by atoms with Crippen LogP contribution in [0.3, 0.4) is 0 Å².